The summed E-state index contributed by atoms with van der Waals surface area (Å²) in [7, 11) is 0. The van der Waals surface area contributed by atoms with Gasteiger partial charge in [-0.2, -0.15) is 0 Å². The van der Waals surface area contributed by atoms with Gasteiger partial charge in [0.15, 0.2) is 0 Å². The number of rotatable bonds is 5. The van der Waals surface area contributed by atoms with Crippen molar-refractivity contribution in [1.29, 1.82) is 0 Å². The summed E-state index contributed by atoms with van der Waals surface area (Å²) >= 11 is 1.78. The zero-order valence-electron chi connectivity index (χ0n) is 10.4. The van der Waals surface area contributed by atoms with Crippen LogP contribution in [0.2, 0.25) is 0 Å². The van der Waals surface area contributed by atoms with E-state index in [4.69, 9.17) is 4.74 Å². The van der Waals surface area contributed by atoms with E-state index in [0.29, 0.717) is 6.10 Å². The summed E-state index contributed by atoms with van der Waals surface area (Å²) < 4.78 is 5.69. The van der Waals surface area contributed by atoms with Crippen LogP contribution in [0.4, 0.5) is 0 Å². The van der Waals surface area contributed by atoms with Gasteiger partial charge in [0.1, 0.15) is 0 Å². The maximum absolute atomic E-state index is 5.69. The van der Waals surface area contributed by atoms with Crippen LogP contribution < -0.4 is 5.32 Å². The molecule has 0 aromatic heterocycles. The molecule has 17 heavy (non-hydrogen) atoms. The molecular weight excluding hydrogens is 230 g/mol. The van der Waals surface area contributed by atoms with Gasteiger partial charge in [-0.15, -0.1) is 11.8 Å². The monoisotopic (exact) mass is 251 g/mol. The maximum Gasteiger partial charge on any atom is 0.0699 e. The second kappa shape index (κ2) is 7.04. The SMILES string of the molecule is CSc1ccc(CNCC2CCCCO2)cc1. The molecule has 1 aliphatic rings. The Morgan fingerprint density at radius 3 is 2.76 bits per heavy atom. The Labute approximate surface area is 108 Å². The molecule has 2 nitrogen and oxygen atoms in total. The largest absolute Gasteiger partial charge is 0.377 e. The van der Waals surface area contributed by atoms with Crippen molar-refractivity contribution in [3.8, 4) is 0 Å². The number of benzene rings is 1. The highest BCUT2D eigenvalue weighted by molar-refractivity contribution is 7.98. The number of hydrogen-bond donors (Lipinski definition) is 1. The first kappa shape index (κ1) is 12.9. The van der Waals surface area contributed by atoms with E-state index in [1.54, 1.807) is 11.8 Å². The molecule has 1 atom stereocenters. The smallest absolute Gasteiger partial charge is 0.0699 e. The van der Waals surface area contributed by atoms with Crippen LogP contribution in [0.15, 0.2) is 29.2 Å². The van der Waals surface area contributed by atoms with E-state index >= 15 is 0 Å². The van der Waals surface area contributed by atoms with E-state index in [9.17, 15) is 0 Å². The Kier molecular flexibility index (Phi) is 5.36. The second-order valence-electron chi connectivity index (χ2n) is 4.47. The van der Waals surface area contributed by atoms with Gasteiger partial charge < -0.3 is 10.1 Å². The summed E-state index contributed by atoms with van der Waals surface area (Å²) in [4.78, 5) is 1.32. The minimum Gasteiger partial charge on any atom is -0.377 e. The summed E-state index contributed by atoms with van der Waals surface area (Å²) in [5.41, 5.74) is 1.35. The number of hydrogen-bond acceptors (Lipinski definition) is 3. The predicted molar refractivity (Wildman–Crippen MR) is 73.5 cm³/mol. The van der Waals surface area contributed by atoms with Gasteiger partial charge in [-0.25, -0.2) is 0 Å². The summed E-state index contributed by atoms with van der Waals surface area (Å²) in [5.74, 6) is 0. The van der Waals surface area contributed by atoms with E-state index < -0.39 is 0 Å². The standard InChI is InChI=1S/C14H21NOS/c1-17-14-7-5-12(6-8-14)10-15-11-13-4-2-3-9-16-13/h5-8,13,15H,2-4,9-11H2,1H3. The third kappa shape index (κ3) is 4.34. The Morgan fingerprint density at radius 1 is 1.29 bits per heavy atom. The molecular formula is C14H21NOS. The predicted octanol–water partition coefficient (Wildman–Crippen LogP) is 3.07. The number of thioether (sulfide) groups is 1. The molecule has 3 heteroatoms. The maximum atomic E-state index is 5.69. The molecule has 0 saturated carbocycles. The first-order valence-electron chi connectivity index (χ1n) is 6.34. The van der Waals surface area contributed by atoms with Gasteiger partial charge >= 0.3 is 0 Å². The molecule has 0 radical (unpaired) electrons. The van der Waals surface area contributed by atoms with E-state index in [2.05, 4.69) is 35.8 Å². The van der Waals surface area contributed by atoms with Crippen molar-refractivity contribution in [2.75, 3.05) is 19.4 Å². The van der Waals surface area contributed by atoms with Gasteiger partial charge in [-0.1, -0.05) is 12.1 Å². The van der Waals surface area contributed by atoms with Gasteiger partial charge in [0.2, 0.25) is 0 Å². The third-order valence-electron chi connectivity index (χ3n) is 3.13. The van der Waals surface area contributed by atoms with Crippen LogP contribution in [-0.4, -0.2) is 25.5 Å². The zero-order chi connectivity index (χ0) is 11.9. The molecule has 1 aliphatic heterocycles. The van der Waals surface area contributed by atoms with Crippen molar-refractivity contribution in [2.45, 2.75) is 36.8 Å². The molecule has 94 valence electrons. The lowest BCUT2D eigenvalue weighted by atomic mass is 10.1. The fourth-order valence-corrected chi connectivity index (χ4v) is 2.50. The Morgan fingerprint density at radius 2 is 2.12 bits per heavy atom. The van der Waals surface area contributed by atoms with Crippen LogP contribution in [0, 0.1) is 0 Å². The first-order valence-corrected chi connectivity index (χ1v) is 7.56. The average molecular weight is 251 g/mol. The van der Waals surface area contributed by atoms with Crippen molar-refractivity contribution in [1.82, 2.24) is 5.32 Å². The lowest BCUT2D eigenvalue weighted by Gasteiger charge is -2.22. The summed E-state index contributed by atoms with van der Waals surface area (Å²) in [6.07, 6.45) is 6.28. The second-order valence-corrected chi connectivity index (χ2v) is 5.35. The lowest BCUT2D eigenvalue weighted by molar-refractivity contribution is 0.0168. The minimum atomic E-state index is 0.425. The Balaban J connectivity index is 1.69. The van der Waals surface area contributed by atoms with Crippen LogP contribution in [0.25, 0.3) is 0 Å². The quantitative estimate of drug-likeness (QED) is 0.813. The fourth-order valence-electron chi connectivity index (χ4n) is 2.09. The highest BCUT2D eigenvalue weighted by atomic mass is 32.2. The van der Waals surface area contributed by atoms with Crippen molar-refractivity contribution in [3.05, 3.63) is 29.8 Å². The number of nitrogens with one attached hydrogen (secondary N) is 1. The molecule has 0 aliphatic carbocycles. The average Bonchev–Trinajstić information content (AvgIpc) is 2.41. The van der Waals surface area contributed by atoms with Crippen LogP contribution >= 0.6 is 11.8 Å². The van der Waals surface area contributed by atoms with Crippen molar-refractivity contribution in [2.24, 2.45) is 0 Å². The van der Waals surface area contributed by atoms with Crippen LogP contribution in [0.5, 0.6) is 0 Å². The fraction of sp³-hybridized carbons (Fsp3) is 0.571. The molecule has 0 amide bonds. The number of ether oxygens (including phenoxy) is 1. The molecule has 1 aromatic carbocycles. The van der Waals surface area contributed by atoms with Gasteiger partial charge in [-0.3, -0.25) is 0 Å². The molecule has 0 bridgehead atoms. The molecule has 2 rings (SSSR count). The molecule has 1 aromatic rings. The highest BCUT2D eigenvalue weighted by Gasteiger charge is 2.12. The van der Waals surface area contributed by atoms with Gasteiger partial charge in [0.25, 0.3) is 0 Å². The van der Waals surface area contributed by atoms with Crippen molar-refractivity contribution in [3.63, 3.8) is 0 Å². The summed E-state index contributed by atoms with van der Waals surface area (Å²) in [6.45, 7) is 2.85. The molecule has 1 N–H and O–H groups in total. The third-order valence-corrected chi connectivity index (χ3v) is 3.88. The van der Waals surface area contributed by atoms with E-state index in [1.807, 2.05) is 0 Å². The van der Waals surface area contributed by atoms with E-state index in [-0.39, 0.29) is 0 Å². The first-order chi connectivity index (χ1) is 8.38. The van der Waals surface area contributed by atoms with E-state index in [1.165, 1.54) is 29.7 Å². The zero-order valence-corrected chi connectivity index (χ0v) is 11.3. The Bertz CT molecular complexity index is 319. The topological polar surface area (TPSA) is 21.3 Å². The van der Waals surface area contributed by atoms with Crippen LogP contribution in [0.1, 0.15) is 24.8 Å². The summed E-state index contributed by atoms with van der Waals surface area (Å²) in [5, 5.41) is 3.48. The van der Waals surface area contributed by atoms with Crippen LogP contribution in [-0.2, 0) is 11.3 Å². The molecule has 1 fully saturated rings. The summed E-state index contributed by atoms with van der Waals surface area (Å²) in [6, 6.07) is 8.75. The van der Waals surface area contributed by atoms with Crippen molar-refractivity contribution < 1.29 is 4.74 Å². The van der Waals surface area contributed by atoms with Crippen LogP contribution in [0.3, 0.4) is 0 Å². The molecule has 1 saturated heterocycles. The molecule has 0 spiro atoms. The van der Waals surface area contributed by atoms with Crippen molar-refractivity contribution >= 4 is 11.8 Å². The molecule has 1 heterocycles. The molecule has 1 unspecified atom stereocenters. The highest BCUT2D eigenvalue weighted by Crippen LogP contribution is 2.15. The minimum absolute atomic E-state index is 0.425. The van der Waals surface area contributed by atoms with Gasteiger partial charge in [-0.05, 0) is 43.2 Å². The Hall–Kier alpha value is -0.510. The van der Waals surface area contributed by atoms with Gasteiger partial charge in [0.05, 0.1) is 6.10 Å². The van der Waals surface area contributed by atoms with E-state index in [0.717, 1.165) is 19.7 Å². The lowest BCUT2D eigenvalue weighted by Crippen LogP contribution is -2.31. The van der Waals surface area contributed by atoms with Gasteiger partial charge in [0, 0.05) is 24.6 Å². The normalized spacial score (nSPS) is 20.4.